The van der Waals surface area contributed by atoms with Crippen LogP contribution in [0.2, 0.25) is 0 Å². The number of ether oxygens (including phenoxy) is 3. The van der Waals surface area contributed by atoms with Crippen molar-refractivity contribution in [2.75, 3.05) is 41.0 Å². The summed E-state index contributed by atoms with van der Waals surface area (Å²) in [5, 5.41) is 3.34. The zero-order chi connectivity index (χ0) is 24.0. The lowest BCUT2D eigenvalue weighted by atomic mass is 10.0. The Morgan fingerprint density at radius 3 is 2.36 bits per heavy atom. The summed E-state index contributed by atoms with van der Waals surface area (Å²) in [7, 11) is 4.50. The molecule has 1 fully saturated rings. The van der Waals surface area contributed by atoms with Gasteiger partial charge < -0.3 is 24.4 Å². The minimum Gasteiger partial charge on any atom is -0.493 e. The Bertz CT molecular complexity index is 994. The molecule has 1 saturated heterocycles. The van der Waals surface area contributed by atoms with Gasteiger partial charge in [0.05, 0.1) is 21.3 Å². The first-order chi connectivity index (χ1) is 15.9. The van der Waals surface area contributed by atoms with E-state index in [1.54, 1.807) is 23.1 Å². The SMILES string of the molecule is COc1cc(C(=O)N(C/C(C)=C\c2ccc(F)cc2F)C2CCCNC2)cc(OC)c1OC. The second kappa shape index (κ2) is 11.1. The second-order valence-corrected chi connectivity index (χ2v) is 8.00. The average molecular weight is 461 g/mol. The molecule has 33 heavy (non-hydrogen) atoms. The Hall–Kier alpha value is -3.13. The number of carbonyl (C=O) groups is 1. The van der Waals surface area contributed by atoms with Crippen LogP contribution in [0.4, 0.5) is 8.78 Å². The van der Waals surface area contributed by atoms with E-state index >= 15 is 0 Å². The summed E-state index contributed by atoms with van der Waals surface area (Å²) in [6.07, 6.45) is 3.43. The maximum Gasteiger partial charge on any atom is 0.254 e. The number of nitrogens with one attached hydrogen (secondary N) is 1. The summed E-state index contributed by atoms with van der Waals surface area (Å²) in [5.74, 6) is -0.281. The Kier molecular flexibility index (Phi) is 8.27. The second-order valence-electron chi connectivity index (χ2n) is 8.00. The normalized spacial score (nSPS) is 16.3. The Morgan fingerprint density at radius 1 is 1.12 bits per heavy atom. The molecule has 0 aliphatic carbocycles. The zero-order valence-electron chi connectivity index (χ0n) is 19.4. The van der Waals surface area contributed by atoms with Crippen molar-refractivity contribution in [3.8, 4) is 17.2 Å². The van der Waals surface area contributed by atoms with Crippen molar-refractivity contribution in [1.82, 2.24) is 10.2 Å². The van der Waals surface area contributed by atoms with Crippen molar-refractivity contribution >= 4 is 12.0 Å². The number of rotatable bonds is 8. The molecule has 8 heteroatoms. The van der Waals surface area contributed by atoms with Crippen molar-refractivity contribution in [3.63, 3.8) is 0 Å². The molecule has 0 radical (unpaired) electrons. The first-order valence-electron chi connectivity index (χ1n) is 10.8. The van der Waals surface area contributed by atoms with Crippen LogP contribution in [0, 0.1) is 11.6 Å². The third-order valence-corrected chi connectivity index (χ3v) is 5.67. The Morgan fingerprint density at radius 2 is 1.82 bits per heavy atom. The predicted molar refractivity (Wildman–Crippen MR) is 123 cm³/mol. The van der Waals surface area contributed by atoms with Gasteiger partial charge in [-0.25, -0.2) is 8.78 Å². The van der Waals surface area contributed by atoms with Crippen LogP contribution in [-0.4, -0.2) is 57.8 Å². The number of hydrogen-bond donors (Lipinski definition) is 1. The molecule has 2 aromatic carbocycles. The van der Waals surface area contributed by atoms with Crippen molar-refractivity contribution in [1.29, 1.82) is 0 Å². The number of halogens is 2. The number of methoxy groups -OCH3 is 3. The van der Waals surface area contributed by atoms with E-state index in [4.69, 9.17) is 14.2 Å². The first-order valence-corrected chi connectivity index (χ1v) is 10.8. The molecule has 178 valence electrons. The monoisotopic (exact) mass is 460 g/mol. The summed E-state index contributed by atoms with van der Waals surface area (Å²) in [6.45, 7) is 3.68. The van der Waals surface area contributed by atoms with Crippen LogP contribution in [0.1, 0.15) is 35.7 Å². The molecule has 6 nitrogen and oxygen atoms in total. The van der Waals surface area contributed by atoms with Crippen LogP contribution in [0.25, 0.3) is 6.08 Å². The van der Waals surface area contributed by atoms with Crippen molar-refractivity contribution in [2.24, 2.45) is 0 Å². The van der Waals surface area contributed by atoms with Gasteiger partial charge in [0.15, 0.2) is 11.5 Å². The average Bonchev–Trinajstić information content (AvgIpc) is 2.83. The van der Waals surface area contributed by atoms with E-state index in [0.29, 0.717) is 35.9 Å². The van der Waals surface area contributed by atoms with E-state index in [1.165, 1.54) is 33.5 Å². The number of nitrogens with zero attached hydrogens (tertiary/aromatic N) is 1. The summed E-state index contributed by atoms with van der Waals surface area (Å²) < 4.78 is 43.6. The summed E-state index contributed by atoms with van der Waals surface area (Å²) in [6, 6.07) is 6.68. The van der Waals surface area contributed by atoms with Crippen molar-refractivity contribution in [3.05, 3.63) is 58.7 Å². The van der Waals surface area contributed by atoms with E-state index in [1.807, 2.05) is 6.92 Å². The van der Waals surface area contributed by atoms with E-state index in [9.17, 15) is 13.6 Å². The number of carbonyl (C=O) groups excluding carboxylic acids is 1. The molecule has 0 bridgehead atoms. The molecule has 1 unspecified atom stereocenters. The van der Waals surface area contributed by atoms with Crippen LogP contribution in [0.15, 0.2) is 35.9 Å². The fourth-order valence-electron chi connectivity index (χ4n) is 4.03. The van der Waals surface area contributed by atoms with Crippen LogP contribution in [0.5, 0.6) is 17.2 Å². The van der Waals surface area contributed by atoms with Gasteiger partial charge in [-0.05, 0) is 50.6 Å². The summed E-state index contributed by atoms with van der Waals surface area (Å²) in [5.41, 5.74) is 1.44. The standard InChI is InChI=1S/C25H30F2N2O4/c1-16(10-17-7-8-19(26)13-21(17)27)15-29(20-6-5-9-28-14-20)25(30)18-11-22(31-2)24(33-4)23(12-18)32-3/h7-8,10-13,20,28H,5-6,9,14-15H2,1-4H3/b16-10-. The quantitative estimate of drug-likeness (QED) is 0.637. The minimum absolute atomic E-state index is 0.0354. The lowest BCUT2D eigenvalue weighted by Crippen LogP contribution is -2.49. The highest BCUT2D eigenvalue weighted by atomic mass is 19.1. The van der Waals surface area contributed by atoms with Gasteiger partial charge in [0.2, 0.25) is 5.75 Å². The molecular formula is C25H30F2N2O4. The third-order valence-electron chi connectivity index (χ3n) is 5.67. The summed E-state index contributed by atoms with van der Waals surface area (Å²) >= 11 is 0. The van der Waals surface area contributed by atoms with Gasteiger partial charge >= 0.3 is 0 Å². The van der Waals surface area contributed by atoms with Gasteiger partial charge in [-0.1, -0.05) is 11.6 Å². The summed E-state index contributed by atoms with van der Waals surface area (Å²) in [4.78, 5) is 15.5. The fraction of sp³-hybridized carbons (Fsp3) is 0.400. The zero-order valence-corrected chi connectivity index (χ0v) is 19.4. The van der Waals surface area contributed by atoms with Gasteiger partial charge in [-0.3, -0.25) is 4.79 Å². The van der Waals surface area contributed by atoms with Gasteiger partial charge in [0.1, 0.15) is 11.6 Å². The minimum atomic E-state index is -0.642. The van der Waals surface area contributed by atoms with Gasteiger partial charge in [0, 0.05) is 36.3 Å². The molecule has 1 heterocycles. The first kappa shape index (κ1) is 24.5. The van der Waals surface area contributed by atoms with Crippen LogP contribution in [0.3, 0.4) is 0 Å². The number of amides is 1. The fourth-order valence-corrected chi connectivity index (χ4v) is 4.03. The molecule has 1 amide bonds. The lowest BCUT2D eigenvalue weighted by Gasteiger charge is -2.35. The van der Waals surface area contributed by atoms with Crippen molar-refractivity contribution in [2.45, 2.75) is 25.8 Å². The van der Waals surface area contributed by atoms with Gasteiger partial charge in [-0.15, -0.1) is 0 Å². The highest BCUT2D eigenvalue weighted by Crippen LogP contribution is 2.38. The number of benzene rings is 2. The predicted octanol–water partition coefficient (Wildman–Crippen LogP) is 4.29. The number of piperidine rings is 1. The van der Waals surface area contributed by atoms with Crippen LogP contribution < -0.4 is 19.5 Å². The largest absolute Gasteiger partial charge is 0.493 e. The topological polar surface area (TPSA) is 60.0 Å². The lowest BCUT2D eigenvalue weighted by molar-refractivity contribution is 0.0670. The highest BCUT2D eigenvalue weighted by molar-refractivity contribution is 5.96. The molecule has 2 aromatic rings. The highest BCUT2D eigenvalue weighted by Gasteiger charge is 2.28. The molecule has 3 rings (SSSR count). The van der Waals surface area contributed by atoms with Gasteiger partial charge in [-0.2, -0.15) is 0 Å². The van der Waals surface area contributed by atoms with E-state index in [2.05, 4.69) is 5.32 Å². The smallest absolute Gasteiger partial charge is 0.254 e. The Balaban J connectivity index is 1.95. The maximum atomic E-state index is 14.1. The number of hydrogen-bond acceptors (Lipinski definition) is 5. The van der Waals surface area contributed by atoms with Crippen molar-refractivity contribution < 1.29 is 27.8 Å². The molecule has 0 spiro atoms. The molecule has 1 N–H and O–H groups in total. The van der Waals surface area contributed by atoms with Crippen LogP contribution >= 0.6 is 0 Å². The molecule has 1 aliphatic rings. The molecule has 1 atom stereocenters. The van der Waals surface area contributed by atoms with E-state index in [-0.39, 0.29) is 17.5 Å². The van der Waals surface area contributed by atoms with E-state index in [0.717, 1.165) is 31.0 Å². The molecular weight excluding hydrogens is 430 g/mol. The third kappa shape index (κ3) is 5.82. The molecule has 0 aromatic heterocycles. The van der Waals surface area contributed by atoms with Gasteiger partial charge in [0.25, 0.3) is 5.91 Å². The van der Waals surface area contributed by atoms with Crippen LogP contribution in [-0.2, 0) is 0 Å². The molecule has 0 saturated carbocycles. The van der Waals surface area contributed by atoms with E-state index < -0.39 is 11.6 Å². The molecule has 1 aliphatic heterocycles. The Labute approximate surface area is 193 Å². The maximum absolute atomic E-state index is 14.1.